The van der Waals surface area contributed by atoms with E-state index in [2.05, 4.69) is 17.5 Å². The molecule has 0 saturated carbocycles. The van der Waals surface area contributed by atoms with Crippen LogP contribution in [0.4, 0.5) is 0 Å². The van der Waals surface area contributed by atoms with Crippen molar-refractivity contribution < 1.29 is 14.6 Å². The fourth-order valence-electron chi connectivity index (χ4n) is 2.54. The highest BCUT2D eigenvalue weighted by Gasteiger charge is 2.15. The molecule has 0 saturated heterocycles. The number of rotatable bonds is 6. The fraction of sp³-hybridized carbons (Fsp3) is 0.471. The van der Waals surface area contributed by atoms with Crippen LogP contribution in [0, 0.1) is 5.92 Å². The third kappa shape index (κ3) is 4.90. The predicted molar refractivity (Wildman–Crippen MR) is 82.1 cm³/mol. The van der Waals surface area contributed by atoms with Crippen LogP contribution in [0.1, 0.15) is 37.4 Å². The summed E-state index contributed by atoms with van der Waals surface area (Å²) in [7, 11) is 1.59. The van der Waals surface area contributed by atoms with Gasteiger partial charge in [-0.3, -0.25) is 4.79 Å². The SMILES string of the molecule is COc1cccc(C(O)CNC(=O)CC2C=CCCC2)c1. The van der Waals surface area contributed by atoms with Gasteiger partial charge in [0.2, 0.25) is 5.91 Å². The average molecular weight is 289 g/mol. The van der Waals surface area contributed by atoms with Crippen LogP contribution in [0.15, 0.2) is 36.4 Å². The molecular weight excluding hydrogens is 266 g/mol. The van der Waals surface area contributed by atoms with Crippen molar-refractivity contribution in [1.82, 2.24) is 5.32 Å². The van der Waals surface area contributed by atoms with Gasteiger partial charge in [0.25, 0.3) is 0 Å². The van der Waals surface area contributed by atoms with Gasteiger partial charge in [-0.25, -0.2) is 0 Å². The van der Waals surface area contributed by atoms with Gasteiger partial charge in [-0.15, -0.1) is 0 Å². The number of benzene rings is 1. The lowest BCUT2D eigenvalue weighted by atomic mass is 9.93. The second-order valence-electron chi connectivity index (χ2n) is 5.42. The Balaban J connectivity index is 1.79. The third-order valence-electron chi connectivity index (χ3n) is 3.77. The van der Waals surface area contributed by atoms with Gasteiger partial charge in [-0.1, -0.05) is 24.3 Å². The molecule has 1 amide bonds. The molecule has 0 aliphatic heterocycles. The number of amides is 1. The molecule has 2 atom stereocenters. The Morgan fingerprint density at radius 2 is 2.38 bits per heavy atom. The van der Waals surface area contributed by atoms with Crippen LogP contribution < -0.4 is 10.1 Å². The summed E-state index contributed by atoms with van der Waals surface area (Å²) in [5.41, 5.74) is 0.743. The Labute approximate surface area is 125 Å². The topological polar surface area (TPSA) is 58.6 Å². The molecule has 1 aliphatic carbocycles. The second-order valence-corrected chi connectivity index (χ2v) is 5.42. The van der Waals surface area contributed by atoms with E-state index < -0.39 is 6.10 Å². The maximum atomic E-state index is 11.9. The molecule has 0 bridgehead atoms. The third-order valence-corrected chi connectivity index (χ3v) is 3.77. The number of hydrogen-bond donors (Lipinski definition) is 2. The van der Waals surface area contributed by atoms with Crippen LogP contribution in [0.3, 0.4) is 0 Å². The summed E-state index contributed by atoms with van der Waals surface area (Å²) in [5.74, 6) is 1.03. The quantitative estimate of drug-likeness (QED) is 0.791. The summed E-state index contributed by atoms with van der Waals surface area (Å²) in [6.45, 7) is 0.225. The first-order valence-electron chi connectivity index (χ1n) is 7.44. The Bertz CT molecular complexity index is 499. The minimum absolute atomic E-state index is 0.00602. The number of carbonyl (C=O) groups is 1. The molecule has 4 heteroatoms. The predicted octanol–water partition coefficient (Wildman–Crippen LogP) is 2.59. The average Bonchev–Trinajstić information content (AvgIpc) is 2.53. The molecule has 2 rings (SSSR count). The Kier molecular flexibility index (Phi) is 5.81. The zero-order valence-electron chi connectivity index (χ0n) is 12.4. The Morgan fingerprint density at radius 1 is 1.52 bits per heavy atom. The largest absolute Gasteiger partial charge is 0.497 e. The van der Waals surface area contributed by atoms with Crippen molar-refractivity contribution >= 4 is 5.91 Å². The van der Waals surface area contributed by atoms with E-state index in [0.29, 0.717) is 18.1 Å². The van der Waals surface area contributed by atoms with Gasteiger partial charge in [-0.05, 0) is 42.9 Å². The second kappa shape index (κ2) is 7.84. The van der Waals surface area contributed by atoms with Gasteiger partial charge in [0.15, 0.2) is 0 Å². The molecule has 21 heavy (non-hydrogen) atoms. The molecule has 2 unspecified atom stereocenters. The van der Waals surface area contributed by atoms with Gasteiger partial charge in [-0.2, -0.15) is 0 Å². The highest BCUT2D eigenvalue weighted by atomic mass is 16.5. The number of ether oxygens (including phenoxy) is 1. The van der Waals surface area contributed by atoms with Crippen molar-refractivity contribution in [3.05, 3.63) is 42.0 Å². The minimum atomic E-state index is -0.717. The normalized spacial score (nSPS) is 19.0. The number of methoxy groups -OCH3 is 1. The first kappa shape index (κ1) is 15.6. The van der Waals surface area contributed by atoms with Gasteiger partial charge in [0.1, 0.15) is 5.75 Å². The van der Waals surface area contributed by atoms with E-state index in [1.54, 1.807) is 13.2 Å². The minimum Gasteiger partial charge on any atom is -0.497 e. The number of allylic oxidation sites excluding steroid dienone is 2. The number of hydrogen-bond acceptors (Lipinski definition) is 3. The molecule has 1 aromatic carbocycles. The van der Waals surface area contributed by atoms with Crippen LogP contribution in [-0.4, -0.2) is 24.7 Å². The summed E-state index contributed by atoms with van der Waals surface area (Å²) >= 11 is 0. The molecule has 2 N–H and O–H groups in total. The van der Waals surface area contributed by atoms with E-state index in [-0.39, 0.29) is 12.5 Å². The van der Waals surface area contributed by atoms with Gasteiger partial charge in [0.05, 0.1) is 13.2 Å². The lowest BCUT2D eigenvalue weighted by molar-refractivity contribution is -0.122. The Hall–Kier alpha value is -1.81. The van der Waals surface area contributed by atoms with Crippen LogP contribution in [0.25, 0.3) is 0 Å². The monoisotopic (exact) mass is 289 g/mol. The molecule has 0 radical (unpaired) electrons. The standard InChI is InChI=1S/C17H23NO3/c1-21-15-9-5-8-14(11-15)16(19)12-18-17(20)10-13-6-3-2-4-7-13/h3,5-6,8-9,11,13,16,19H,2,4,7,10,12H2,1H3,(H,18,20). The first-order valence-corrected chi connectivity index (χ1v) is 7.44. The molecule has 0 heterocycles. The molecular formula is C17H23NO3. The van der Waals surface area contributed by atoms with Crippen molar-refractivity contribution in [2.24, 2.45) is 5.92 Å². The number of carbonyl (C=O) groups excluding carboxylic acids is 1. The van der Waals surface area contributed by atoms with Crippen molar-refractivity contribution in [1.29, 1.82) is 0 Å². The van der Waals surface area contributed by atoms with Crippen LogP contribution in [0.5, 0.6) is 5.75 Å². The zero-order chi connectivity index (χ0) is 15.1. The van der Waals surface area contributed by atoms with E-state index in [9.17, 15) is 9.90 Å². The smallest absolute Gasteiger partial charge is 0.220 e. The first-order chi connectivity index (χ1) is 10.2. The number of nitrogens with one attached hydrogen (secondary N) is 1. The van der Waals surface area contributed by atoms with E-state index in [1.807, 2.05) is 18.2 Å². The number of aliphatic hydroxyl groups is 1. The molecule has 4 nitrogen and oxygen atoms in total. The molecule has 0 aromatic heterocycles. The van der Waals surface area contributed by atoms with Crippen molar-refractivity contribution in [3.8, 4) is 5.75 Å². The van der Waals surface area contributed by atoms with E-state index in [1.165, 1.54) is 0 Å². The highest BCUT2D eigenvalue weighted by molar-refractivity contribution is 5.76. The lowest BCUT2D eigenvalue weighted by Crippen LogP contribution is -2.29. The number of aliphatic hydroxyl groups excluding tert-OH is 1. The van der Waals surface area contributed by atoms with Crippen molar-refractivity contribution in [3.63, 3.8) is 0 Å². The fourth-order valence-corrected chi connectivity index (χ4v) is 2.54. The molecule has 0 spiro atoms. The maximum Gasteiger partial charge on any atom is 0.220 e. The molecule has 1 aromatic rings. The van der Waals surface area contributed by atoms with Gasteiger partial charge in [0, 0.05) is 13.0 Å². The van der Waals surface area contributed by atoms with Crippen molar-refractivity contribution in [2.45, 2.75) is 31.8 Å². The van der Waals surface area contributed by atoms with E-state index in [4.69, 9.17) is 4.74 Å². The van der Waals surface area contributed by atoms with Gasteiger partial charge < -0.3 is 15.2 Å². The maximum absolute atomic E-state index is 11.9. The summed E-state index contributed by atoms with van der Waals surface area (Å²) < 4.78 is 5.13. The summed E-state index contributed by atoms with van der Waals surface area (Å²) in [6, 6.07) is 7.25. The van der Waals surface area contributed by atoms with Crippen molar-refractivity contribution in [2.75, 3.05) is 13.7 Å². The summed E-state index contributed by atoms with van der Waals surface area (Å²) in [6.07, 6.45) is 7.40. The van der Waals surface area contributed by atoms with Gasteiger partial charge >= 0.3 is 0 Å². The Morgan fingerprint density at radius 3 is 3.10 bits per heavy atom. The van der Waals surface area contributed by atoms with E-state index in [0.717, 1.165) is 24.8 Å². The van der Waals surface area contributed by atoms with E-state index >= 15 is 0 Å². The lowest BCUT2D eigenvalue weighted by Gasteiger charge is -2.17. The summed E-state index contributed by atoms with van der Waals surface area (Å²) in [5, 5.41) is 12.9. The molecule has 114 valence electrons. The van der Waals surface area contributed by atoms with Crippen LogP contribution >= 0.6 is 0 Å². The van der Waals surface area contributed by atoms with Crippen LogP contribution in [0.2, 0.25) is 0 Å². The molecule has 1 aliphatic rings. The van der Waals surface area contributed by atoms with Crippen LogP contribution in [-0.2, 0) is 4.79 Å². The zero-order valence-corrected chi connectivity index (χ0v) is 12.4. The molecule has 0 fully saturated rings. The highest BCUT2D eigenvalue weighted by Crippen LogP contribution is 2.21. The summed E-state index contributed by atoms with van der Waals surface area (Å²) in [4.78, 5) is 11.9.